The van der Waals surface area contributed by atoms with Gasteiger partial charge in [-0.25, -0.2) is 0 Å². The number of nitrogens with one attached hydrogen (secondary N) is 1. The molecule has 2 heterocycles. The van der Waals surface area contributed by atoms with Gasteiger partial charge < -0.3 is 9.64 Å². The number of thiophene rings is 1. The Kier molecular flexibility index (Phi) is 4.60. The van der Waals surface area contributed by atoms with E-state index in [0.29, 0.717) is 6.61 Å². The first-order valence-electron chi connectivity index (χ1n) is 6.72. The molecule has 1 N–H and O–H groups in total. The summed E-state index contributed by atoms with van der Waals surface area (Å²) in [6.45, 7) is 6.69. The lowest BCUT2D eigenvalue weighted by molar-refractivity contribution is -0.133. The van der Waals surface area contributed by atoms with Crippen molar-refractivity contribution in [3.63, 3.8) is 0 Å². The van der Waals surface area contributed by atoms with Crippen molar-refractivity contribution in [3.05, 3.63) is 21.9 Å². The van der Waals surface area contributed by atoms with Crippen molar-refractivity contribution in [3.8, 4) is 0 Å². The predicted octanol–water partition coefficient (Wildman–Crippen LogP) is 2.30. The average Bonchev–Trinajstić information content (AvgIpc) is 2.93. The SMILES string of the molecule is CCC(COC)N1C(=O)C(C)NC1c1ccc(C)s1. The summed E-state index contributed by atoms with van der Waals surface area (Å²) in [5.74, 6) is 0.167. The number of aryl methyl sites for hydroxylation is 1. The molecule has 3 atom stereocenters. The van der Waals surface area contributed by atoms with Crippen LogP contribution in [0.4, 0.5) is 0 Å². The smallest absolute Gasteiger partial charge is 0.241 e. The largest absolute Gasteiger partial charge is 0.383 e. The summed E-state index contributed by atoms with van der Waals surface area (Å²) in [7, 11) is 1.68. The van der Waals surface area contributed by atoms with Crippen LogP contribution in [0.5, 0.6) is 0 Å². The first-order chi connectivity index (χ1) is 9.08. The van der Waals surface area contributed by atoms with E-state index >= 15 is 0 Å². The number of ether oxygens (including phenoxy) is 1. The van der Waals surface area contributed by atoms with Crippen LogP contribution in [-0.4, -0.2) is 36.6 Å². The van der Waals surface area contributed by atoms with E-state index in [9.17, 15) is 4.79 Å². The van der Waals surface area contributed by atoms with Gasteiger partial charge in [-0.05, 0) is 32.4 Å². The Labute approximate surface area is 118 Å². The van der Waals surface area contributed by atoms with E-state index in [1.54, 1.807) is 18.4 Å². The maximum atomic E-state index is 12.4. The fraction of sp³-hybridized carbons (Fsp3) is 0.643. The molecule has 0 bridgehead atoms. The van der Waals surface area contributed by atoms with Gasteiger partial charge in [0.1, 0.15) is 6.17 Å². The van der Waals surface area contributed by atoms with Crippen molar-refractivity contribution in [2.45, 2.75) is 45.4 Å². The highest BCUT2D eigenvalue weighted by Crippen LogP contribution is 2.32. The average molecular weight is 282 g/mol. The fourth-order valence-electron chi connectivity index (χ4n) is 2.54. The third-order valence-corrected chi connectivity index (χ3v) is 4.62. The van der Waals surface area contributed by atoms with Crippen molar-refractivity contribution < 1.29 is 9.53 Å². The molecule has 0 aliphatic carbocycles. The van der Waals surface area contributed by atoms with Gasteiger partial charge in [0.15, 0.2) is 0 Å². The summed E-state index contributed by atoms with van der Waals surface area (Å²) in [5.41, 5.74) is 0. The van der Waals surface area contributed by atoms with Crippen LogP contribution in [0, 0.1) is 6.92 Å². The Morgan fingerprint density at radius 3 is 2.79 bits per heavy atom. The minimum atomic E-state index is -0.127. The second-order valence-electron chi connectivity index (χ2n) is 5.00. The lowest BCUT2D eigenvalue weighted by Crippen LogP contribution is -2.42. The van der Waals surface area contributed by atoms with Crippen LogP contribution in [0.15, 0.2) is 12.1 Å². The summed E-state index contributed by atoms with van der Waals surface area (Å²) in [5, 5.41) is 3.39. The van der Waals surface area contributed by atoms with Gasteiger partial charge in [-0.15, -0.1) is 11.3 Å². The number of carbonyl (C=O) groups excluding carboxylic acids is 1. The van der Waals surface area contributed by atoms with Crippen molar-refractivity contribution in [2.75, 3.05) is 13.7 Å². The zero-order valence-corrected chi connectivity index (χ0v) is 12.8. The maximum Gasteiger partial charge on any atom is 0.241 e. The quantitative estimate of drug-likeness (QED) is 0.901. The van der Waals surface area contributed by atoms with Gasteiger partial charge in [-0.2, -0.15) is 0 Å². The van der Waals surface area contributed by atoms with Gasteiger partial charge in [-0.1, -0.05) is 6.92 Å². The van der Waals surface area contributed by atoms with Crippen LogP contribution in [0.1, 0.15) is 36.2 Å². The molecule has 1 fully saturated rings. The molecule has 1 saturated heterocycles. The van der Waals surface area contributed by atoms with Crippen LogP contribution >= 0.6 is 11.3 Å². The van der Waals surface area contributed by atoms with Gasteiger partial charge in [0, 0.05) is 16.9 Å². The lowest BCUT2D eigenvalue weighted by atomic mass is 10.2. The first-order valence-corrected chi connectivity index (χ1v) is 7.53. The van der Waals surface area contributed by atoms with E-state index in [-0.39, 0.29) is 24.2 Å². The Balaban J connectivity index is 2.27. The van der Waals surface area contributed by atoms with Crippen molar-refractivity contribution in [2.24, 2.45) is 0 Å². The number of amides is 1. The van der Waals surface area contributed by atoms with Crippen molar-refractivity contribution >= 4 is 17.2 Å². The first kappa shape index (κ1) is 14.5. The molecule has 0 saturated carbocycles. The molecule has 0 aromatic carbocycles. The molecule has 1 aromatic rings. The minimum absolute atomic E-state index is 0.0127. The van der Waals surface area contributed by atoms with Crippen LogP contribution < -0.4 is 5.32 Å². The zero-order chi connectivity index (χ0) is 14.0. The summed E-state index contributed by atoms with van der Waals surface area (Å²) < 4.78 is 5.26. The van der Waals surface area contributed by atoms with E-state index < -0.39 is 0 Å². The third-order valence-electron chi connectivity index (χ3n) is 3.57. The number of methoxy groups -OCH3 is 1. The van der Waals surface area contributed by atoms with Gasteiger partial charge in [0.05, 0.1) is 18.7 Å². The molecule has 106 valence electrons. The van der Waals surface area contributed by atoms with Gasteiger partial charge in [0.2, 0.25) is 5.91 Å². The summed E-state index contributed by atoms with van der Waals surface area (Å²) >= 11 is 1.74. The third kappa shape index (κ3) is 2.83. The summed E-state index contributed by atoms with van der Waals surface area (Å²) in [6.07, 6.45) is 0.885. The normalized spacial score (nSPS) is 25.1. The van der Waals surface area contributed by atoms with Gasteiger partial charge in [0.25, 0.3) is 0 Å². The molecule has 1 aromatic heterocycles. The molecular formula is C14H22N2O2S. The van der Waals surface area contributed by atoms with Crippen LogP contribution in [0.2, 0.25) is 0 Å². The van der Waals surface area contributed by atoms with E-state index in [1.807, 2.05) is 11.8 Å². The molecule has 2 rings (SSSR count). The Morgan fingerprint density at radius 1 is 1.53 bits per heavy atom. The Hall–Kier alpha value is -0.910. The second kappa shape index (κ2) is 6.03. The number of hydrogen-bond acceptors (Lipinski definition) is 4. The standard InChI is InChI=1S/C14H22N2O2S/c1-5-11(8-18-4)16-13(15-10(3)14(16)17)12-7-6-9(2)19-12/h6-7,10-11,13,15H,5,8H2,1-4H3. The van der Waals surface area contributed by atoms with Gasteiger partial charge >= 0.3 is 0 Å². The highest BCUT2D eigenvalue weighted by atomic mass is 32.1. The maximum absolute atomic E-state index is 12.4. The molecule has 1 aliphatic rings. The minimum Gasteiger partial charge on any atom is -0.383 e. The van der Waals surface area contributed by atoms with Gasteiger partial charge in [-0.3, -0.25) is 10.1 Å². The van der Waals surface area contributed by atoms with E-state index in [2.05, 4.69) is 31.3 Å². The van der Waals surface area contributed by atoms with Crippen LogP contribution in [0.25, 0.3) is 0 Å². The molecule has 1 amide bonds. The number of rotatable bonds is 5. The molecule has 1 aliphatic heterocycles. The molecule has 0 radical (unpaired) electrons. The van der Waals surface area contributed by atoms with Crippen molar-refractivity contribution in [1.82, 2.24) is 10.2 Å². The molecule has 4 nitrogen and oxygen atoms in total. The molecule has 0 spiro atoms. The number of hydrogen-bond donors (Lipinski definition) is 1. The van der Waals surface area contributed by atoms with E-state index in [1.165, 1.54) is 9.75 Å². The summed E-state index contributed by atoms with van der Waals surface area (Å²) in [6, 6.07) is 4.21. The monoisotopic (exact) mass is 282 g/mol. The van der Waals surface area contributed by atoms with Crippen molar-refractivity contribution in [1.29, 1.82) is 0 Å². The van der Waals surface area contributed by atoms with E-state index in [0.717, 1.165) is 6.42 Å². The zero-order valence-electron chi connectivity index (χ0n) is 12.0. The number of nitrogens with zero attached hydrogens (tertiary/aromatic N) is 1. The molecule has 5 heteroatoms. The molecule has 3 unspecified atom stereocenters. The fourth-order valence-corrected chi connectivity index (χ4v) is 3.47. The highest BCUT2D eigenvalue weighted by Gasteiger charge is 2.41. The van der Waals surface area contributed by atoms with Crippen LogP contribution in [0.3, 0.4) is 0 Å². The van der Waals surface area contributed by atoms with Crippen LogP contribution in [-0.2, 0) is 9.53 Å². The van der Waals surface area contributed by atoms with E-state index in [4.69, 9.17) is 4.74 Å². The number of carbonyl (C=O) groups is 1. The predicted molar refractivity (Wildman–Crippen MR) is 77.2 cm³/mol. The second-order valence-corrected chi connectivity index (χ2v) is 6.32. The topological polar surface area (TPSA) is 41.6 Å². The molecular weight excluding hydrogens is 260 g/mol. The summed E-state index contributed by atoms with van der Waals surface area (Å²) in [4.78, 5) is 16.8. The lowest BCUT2D eigenvalue weighted by Gasteiger charge is -2.31. The Morgan fingerprint density at radius 2 is 2.26 bits per heavy atom. The molecule has 19 heavy (non-hydrogen) atoms. The Bertz CT molecular complexity index is 446. The highest BCUT2D eigenvalue weighted by molar-refractivity contribution is 7.12.